The molecule has 1 atom stereocenters. The molecule has 0 aliphatic carbocycles. The first-order chi connectivity index (χ1) is 11.0. The van der Waals surface area contributed by atoms with E-state index in [0.29, 0.717) is 12.4 Å². The molecule has 23 heavy (non-hydrogen) atoms. The van der Waals surface area contributed by atoms with Crippen molar-refractivity contribution in [3.63, 3.8) is 0 Å². The largest absolute Gasteiger partial charge is 0.489 e. The van der Waals surface area contributed by atoms with Gasteiger partial charge in [0.05, 0.1) is 12.5 Å². The predicted octanol–water partition coefficient (Wildman–Crippen LogP) is 3.46. The van der Waals surface area contributed by atoms with E-state index in [9.17, 15) is 4.79 Å². The summed E-state index contributed by atoms with van der Waals surface area (Å²) in [6.45, 7) is 4.00. The third kappa shape index (κ3) is 3.90. The molecule has 0 aliphatic rings. The summed E-state index contributed by atoms with van der Waals surface area (Å²) < 4.78 is 10.8. The maximum atomic E-state index is 12.0. The Morgan fingerprint density at radius 3 is 2.35 bits per heavy atom. The molecule has 0 spiro atoms. The van der Waals surface area contributed by atoms with E-state index in [1.807, 2.05) is 54.6 Å². The number of ether oxygens (including phenoxy) is 2. The maximum Gasteiger partial charge on any atom is 0.313 e. The molecular weight excluding hydrogens is 290 g/mol. The fourth-order valence-electron chi connectivity index (χ4n) is 2.38. The van der Waals surface area contributed by atoms with Crippen LogP contribution in [-0.4, -0.2) is 13.1 Å². The van der Waals surface area contributed by atoms with Crippen LogP contribution in [0.25, 0.3) is 0 Å². The van der Waals surface area contributed by atoms with Crippen molar-refractivity contribution in [2.75, 3.05) is 7.11 Å². The third-order valence-corrected chi connectivity index (χ3v) is 3.98. The molecule has 0 aliphatic heterocycles. The van der Waals surface area contributed by atoms with E-state index in [4.69, 9.17) is 15.2 Å². The maximum absolute atomic E-state index is 12.0. The minimum atomic E-state index is -0.846. The van der Waals surface area contributed by atoms with Crippen LogP contribution < -0.4 is 10.5 Å². The average Bonchev–Trinajstić information content (AvgIpc) is 2.59. The van der Waals surface area contributed by atoms with E-state index in [1.165, 1.54) is 7.11 Å². The summed E-state index contributed by atoms with van der Waals surface area (Å²) in [6, 6.07) is 16.9. The van der Waals surface area contributed by atoms with Crippen LogP contribution in [0.2, 0.25) is 0 Å². The number of carbonyl (C=O) groups is 1. The molecule has 0 fully saturated rings. The van der Waals surface area contributed by atoms with E-state index in [1.54, 1.807) is 13.8 Å². The van der Waals surface area contributed by atoms with Gasteiger partial charge >= 0.3 is 5.97 Å². The molecular formula is C19H23NO3. The van der Waals surface area contributed by atoms with E-state index in [2.05, 4.69) is 0 Å². The lowest BCUT2D eigenvalue weighted by atomic mass is 9.80. The molecule has 0 saturated carbocycles. The zero-order chi connectivity index (χ0) is 16.9. The summed E-state index contributed by atoms with van der Waals surface area (Å²) in [6.07, 6.45) is 0. The van der Waals surface area contributed by atoms with Crippen LogP contribution in [0.15, 0.2) is 54.6 Å². The van der Waals surface area contributed by atoms with E-state index >= 15 is 0 Å². The SMILES string of the molecule is COC(=O)C(C)(C)[C@H](N)c1ccccc1OCc1ccccc1. The van der Waals surface area contributed by atoms with E-state index in [-0.39, 0.29) is 5.97 Å². The molecule has 2 aromatic carbocycles. The number of hydrogen-bond donors (Lipinski definition) is 1. The lowest BCUT2D eigenvalue weighted by Gasteiger charge is -2.30. The van der Waals surface area contributed by atoms with Crippen LogP contribution in [0, 0.1) is 5.41 Å². The Bertz CT molecular complexity index is 653. The highest BCUT2D eigenvalue weighted by Crippen LogP contribution is 2.37. The fraction of sp³-hybridized carbons (Fsp3) is 0.316. The minimum Gasteiger partial charge on any atom is -0.489 e. The Hall–Kier alpha value is -2.33. The molecule has 2 aromatic rings. The lowest BCUT2D eigenvalue weighted by Crippen LogP contribution is -2.37. The second-order valence-electron chi connectivity index (χ2n) is 6.00. The van der Waals surface area contributed by atoms with Gasteiger partial charge in [-0.15, -0.1) is 0 Å². The van der Waals surface area contributed by atoms with Crippen molar-refractivity contribution in [1.82, 2.24) is 0 Å². The van der Waals surface area contributed by atoms with Crippen molar-refractivity contribution in [2.45, 2.75) is 26.5 Å². The van der Waals surface area contributed by atoms with Gasteiger partial charge in [-0.25, -0.2) is 0 Å². The number of methoxy groups -OCH3 is 1. The zero-order valence-electron chi connectivity index (χ0n) is 13.8. The molecule has 0 amide bonds. The van der Waals surface area contributed by atoms with Crippen molar-refractivity contribution in [3.8, 4) is 5.75 Å². The van der Waals surface area contributed by atoms with Crippen LogP contribution in [0.5, 0.6) is 5.75 Å². The number of benzene rings is 2. The minimum absolute atomic E-state index is 0.345. The van der Waals surface area contributed by atoms with Gasteiger partial charge in [0.2, 0.25) is 0 Å². The molecule has 0 heterocycles. The molecule has 0 aromatic heterocycles. The predicted molar refractivity (Wildman–Crippen MR) is 89.9 cm³/mol. The number of hydrogen-bond acceptors (Lipinski definition) is 4. The topological polar surface area (TPSA) is 61.5 Å². The van der Waals surface area contributed by atoms with Crippen molar-refractivity contribution in [1.29, 1.82) is 0 Å². The first kappa shape index (κ1) is 17.0. The second-order valence-corrected chi connectivity index (χ2v) is 6.00. The molecule has 0 bridgehead atoms. The first-order valence-corrected chi connectivity index (χ1v) is 7.56. The zero-order valence-corrected chi connectivity index (χ0v) is 13.8. The van der Waals surface area contributed by atoms with Crippen LogP contribution in [0.1, 0.15) is 31.0 Å². The number of para-hydroxylation sites is 1. The van der Waals surface area contributed by atoms with Crippen molar-refractivity contribution in [2.24, 2.45) is 11.1 Å². The highest BCUT2D eigenvalue weighted by Gasteiger charge is 2.37. The Labute approximate surface area is 137 Å². The molecule has 0 saturated heterocycles. The van der Waals surface area contributed by atoms with Crippen LogP contribution in [0.3, 0.4) is 0 Å². The van der Waals surface area contributed by atoms with Gasteiger partial charge in [0.15, 0.2) is 0 Å². The highest BCUT2D eigenvalue weighted by atomic mass is 16.5. The van der Waals surface area contributed by atoms with Crippen molar-refractivity contribution < 1.29 is 14.3 Å². The van der Waals surface area contributed by atoms with Gasteiger partial charge in [0, 0.05) is 11.6 Å². The fourth-order valence-corrected chi connectivity index (χ4v) is 2.38. The number of carbonyl (C=O) groups excluding carboxylic acids is 1. The number of rotatable bonds is 6. The monoisotopic (exact) mass is 313 g/mol. The molecule has 4 heteroatoms. The van der Waals surface area contributed by atoms with Gasteiger partial charge in [-0.1, -0.05) is 48.5 Å². The van der Waals surface area contributed by atoms with Crippen LogP contribution in [0.4, 0.5) is 0 Å². The lowest BCUT2D eigenvalue weighted by molar-refractivity contribution is -0.152. The Morgan fingerprint density at radius 2 is 1.70 bits per heavy atom. The number of esters is 1. The van der Waals surface area contributed by atoms with Crippen LogP contribution in [-0.2, 0) is 16.1 Å². The van der Waals surface area contributed by atoms with Gasteiger partial charge in [-0.3, -0.25) is 4.79 Å². The normalized spacial score (nSPS) is 12.5. The number of nitrogens with two attached hydrogens (primary N) is 1. The molecule has 2 N–H and O–H groups in total. The Balaban J connectivity index is 2.21. The molecule has 122 valence electrons. The molecule has 4 nitrogen and oxygen atoms in total. The third-order valence-electron chi connectivity index (χ3n) is 3.98. The summed E-state index contributed by atoms with van der Waals surface area (Å²) in [7, 11) is 1.37. The summed E-state index contributed by atoms with van der Waals surface area (Å²) in [4.78, 5) is 12.0. The summed E-state index contributed by atoms with van der Waals surface area (Å²) in [5.41, 5.74) is 7.35. The van der Waals surface area contributed by atoms with Gasteiger partial charge in [0.1, 0.15) is 12.4 Å². The quantitative estimate of drug-likeness (QED) is 0.830. The van der Waals surface area contributed by atoms with E-state index < -0.39 is 11.5 Å². The molecule has 2 rings (SSSR count). The standard InChI is InChI=1S/C19H23NO3/c1-19(2,18(21)22-3)17(20)15-11-7-8-12-16(15)23-13-14-9-5-4-6-10-14/h4-12,17H,13,20H2,1-3H3/t17-/m1/s1. The average molecular weight is 313 g/mol. The summed E-state index contributed by atoms with van der Waals surface area (Å²) in [5.74, 6) is 0.337. The summed E-state index contributed by atoms with van der Waals surface area (Å²) in [5, 5.41) is 0. The smallest absolute Gasteiger partial charge is 0.313 e. The van der Waals surface area contributed by atoms with Crippen molar-refractivity contribution in [3.05, 3.63) is 65.7 Å². The van der Waals surface area contributed by atoms with Gasteiger partial charge in [0.25, 0.3) is 0 Å². The first-order valence-electron chi connectivity index (χ1n) is 7.56. The van der Waals surface area contributed by atoms with Gasteiger partial charge in [-0.05, 0) is 25.5 Å². The second kappa shape index (κ2) is 7.29. The highest BCUT2D eigenvalue weighted by molar-refractivity contribution is 5.77. The Kier molecular flexibility index (Phi) is 5.40. The van der Waals surface area contributed by atoms with Gasteiger partial charge < -0.3 is 15.2 Å². The molecule has 0 radical (unpaired) electrons. The van der Waals surface area contributed by atoms with Crippen molar-refractivity contribution >= 4 is 5.97 Å². The Morgan fingerprint density at radius 1 is 1.09 bits per heavy atom. The van der Waals surface area contributed by atoms with Gasteiger partial charge in [-0.2, -0.15) is 0 Å². The summed E-state index contributed by atoms with van der Waals surface area (Å²) >= 11 is 0. The van der Waals surface area contributed by atoms with Crippen LogP contribution >= 0.6 is 0 Å². The molecule has 0 unspecified atom stereocenters. The van der Waals surface area contributed by atoms with E-state index in [0.717, 1.165) is 11.1 Å².